The highest BCUT2D eigenvalue weighted by Gasteiger charge is 2.52. The van der Waals surface area contributed by atoms with Gasteiger partial charge in [-0.1, -0.05) is 54.6 Å². The van der Waals surface area contributed by atoms with Gasteiger partial charge in [-0.3, -0.25) is 0 Å². The summed E-state index contributed by atoms with van der Waals surface area (Å²) in [6, 6.07) is 24.0. The van der Waals surface area contributed by atoms with Gasteiger partial charge < -0.3 is 34.2 Å². The molecular formula is C34H33NO11. The largest absolute Gasteiger partial charge is 0.462 e. The average Bonchev–Trinajstić information content (AvgIpc) is 3.41. The predicted molar refractivity (Wildman–Crippen MR) is 161 cm³/mol. The molecule has 0 amide bonds. The van der Waals surface area contributed by atoms with E-state index in [4.69, 9.17) is 34.2 Å². The van der Waals surface area contributed by atoms with Crippen LogP contribution in [0.25, 0.3) is 0 Å². The molecule has 0 unspecified atom stereocenters. The minimum Gasteiger partial charge on any atom is -0.462 e. The van der Waals surface area contributed by atoms with Gasteiger partial charge in [-0.2, -0.15) is 0 Å². The Morgan fingerprint density at radius 1 is 0.609 bits per heavy atom. The summed E-state index contributed by atoms with van der Waals surface area (Å²) in [4.78, 5) is 65.3. The van der Waals surface area contributed by atoms with E-state index in [1.807, 2.05) is 0 Å². The van der Waals surface area contributed by atoms with Crippen molar-refractivity contribution < 1.29 is 52.4 Å². The van der Waals surface area contributed by atoms with Crippen molar-refractivity contribution >= 4 is 29.8 Å². The summed E-state index contributed by atoms with van der Waals surface area (Å²) in [6.45, 7) is 2.38. The van der Waals surface area contributed by atoms with Crippen molar-refractivity contribution in [2.75, 3.05) is 19.8 Å². The maximum absolute atomic E-state index is 13.3. The Labute approximate surface area is 265 Å². The van der Waals surface area contributed by atoms with Gasteiger partial charge in [-0.15, -0.1) is 0 Å². The summed E-state index contributed by atoms with van der Waals surface area (Å²) in [5.74, 6) is -4.57. The molecule has 1 heterocycles. The Morgan fingerprint density at radius 3 is 1.46 bits per heavy atom. The predicted octanol–water partition coefficient (Wildman–Crippen LogP) is 3.40. The van der Waals surface area contributed by atoms with Crippen LogP contribution in [-0.4, -0.2) is 74.1 Å². The zero-order valence-corrected chi connectivity index (χ0v) is 25.2. The highest BCUT2D eigenvalue weighted by molar-refractivity contribution is 6.14. The van der Waals surface area contributed by atoms with Gasteiger partial charge in [-0.05, 0) is 50.2 Å². The van der Waals surface area contributed by atoms with Gasteiger partial charge in [0.25, 0.3) is 0 Å². The molecule has 0 aromatic heterocycles. The van der Waals surface area contributed by atoms with Crippen molar-refractivity contribution in [3.63, 3.8) is 0 Å². The number of benzene rings is 3. The van der Waals surface area contributed by atoms with E-state index in [-0.39, 0.29) is 29.9 Å². The van der Waals surface area contributed by atoms with E-state index in [1.165, 1.54) is 38.1 Å². The summed E-state index contributed by atoms with van der Waals surface area (Å²) in [6.07, 6.45) is -5.79. The van der Waals surface area contributed by atoms with Crippen molar-refractivity contribution in [3.05, 3.63) is 119 Å². The van der Waals surface area contributed by atoms with Crippen LogP contribution in [0.3, 0.4) is 0 Å². The van der Waals surface area contributed by atoms with Crippen LogP contribution in [0.2, 0.25) is 0 Å². The molecule has 2 N–H and O–H groups in total. The molecule has 46 heavy (non-hydrogen) atoms. The number of ether oxygens (including phenoxy) is 6. The second-order valence-electron chi connectivity index (χ2n) is 9.80. The van der Waals surface area contributed by atoms with E-state index in [0.29, 0.717) is 0 Å². The minimum atomic E-state index is -1.55. The van der Waals surface area contributed by atoms with Crippen LogP contribution in [-0.2, 0) is 38.0 Å². The van der Waals surface area contributed by atoms with E-state index < -0.39 is 72.1 Å². The van der Waals surface area contributed by atoms with Crippen LogP contribution in [0.4, 0.5) is 0 Å². The molecule has 1 saturated heterocycles. The average molecular weight is 632 g/mol. The van der Waals surface area contributed by atoms with Crippen LogP contribution in [0.15, 0.2) is 102 Å². The van der Waals surface area contributed by atoms with E-state index in [1.54, 1.807) is 66.7 Å². The lowest BCUT2D eigenvalue weighted by Crippen LogP contribution is -2.43. The summed E-state index contributed by atoms with van der Waals surface area (Å²) >= 11 is 0. The van der Waals surface area contributed by atoms with Crippen molar-refractivity contribution in [2.24, 2.45) is 5.73 Å². The van der Waals surface area contributed by atoms with Crippen LogP contribution < -0.4 is 5.73 Å². The quantitative estimate of drug-likeness (QED) is 0.102. The maximum atomic E-state index is 13.3. The summed E-state index contributed by atoms with van der Waals surface area (Å²) in [5.41, 5.74) is 5.78. The maximum Gasteiger partial charge on any atom is 0.347 e. The summed E-state index contributed by atoms with van der Waals surface area (Å²) in [5, 5.41) is 0. The van der Waals surface area contributed by atoms with E-state index in [0.717, 1.165) is 0 Å². The molecule has 0 radical (unpaired) electrons. The SMILES string of the molecule is CCOC(=O)C(C(=O)OCC)=C(N)[C@@H]1O[C@H](COC(=O)c2ccccc2)[C@@H](OC(=O)c2ccccc2)[C@H]1OC(=O)c1ccccc1. The second-order valence-corrected chi connectivity index (χ2v) is 9.80. The van der Waals surface area contributed by atoms with E-state index in [2.05, 4.69) is 0 Å². The fraction of sp³-hybridized carbons (Fsp3) is 0.265. The molecule has 4 rings (SSSR count). The number of nitrogens with two attached hydrogens (primary N) is 1. The first-order chi connectivity index (χ1) is 22.2. The molecule has 4 atom stereocenters. The summed E-state index contributed by atoms with van der Waals surface area (Å²) in [7, 11) is 0. The molecule has 12 heteroatoms. The molecule has 1 aliphatic heterocycles. The molecule has 3 aromatic rings. The fourth-order valence-electron chi connectivity index (χ4n) is 4.60. The zero-order valence-electron chi connectivity index (χ0n) is 25.2. The van der Waals surface area contributed by atoms with Gasteiger partial charge in [0, 0.05) is 0 Å². The van der Waals surface area contributed by atoms with Gasteiger partial charge in [0.15, 0.2) is 17.8 Å². The highest BCUT2D eigenvalue weighted by Crippen LogP contribution is 2.33. The molecule has 1 fully saturated rings. The molecule has 3 aromatic carbocycles. The lowest BCUT2D eigenvalue weighted by Gasteiger charge is -2.25. The van der Waals surface area contributed by atoms with Crippen LogP contribution in [0.1, 0.15) is 44.9 Å². The molecule has 240 valence electrons. The monoisotopic (exact) mass is 631 g/mol. The number of carbonyl (C=O) groups is 5. The third-order valence-electron chi connectivity index (χ3n) is 6.76. The van der Waals surface area contributed by atoms with Crippen molar-refractivity contribution in [1.29, 1.82) is 0 Å². The van der Waals surface area contributed by atoms with Crippen molar-refractivity contribution in [3.8, 4) is 0 Å². The van der Waals surface area contributed by atoms with Gasteiger partial charge in [-0.25, -0.2) is 24.0 Å². The smallest absolute Gasteiger partial charge is 0.347 e. The number of esters is 5. The Balaban J connectivity index is 1.77. The number of rotatable bonds is 12. The second kappa shape index (κ2) is 16.0. The van der Waals surface area contributed by atoms with Gasteiger partial charge in [0.1, 0.15) is 18.8 Å². The minimum absolute atomic E-state index is 0.0949. The zero-order chi connectivity index (χ0) is 33.1. The Hall–Kier alpha value is -5.49. The highest BCUT2D eigenvalue weighted by atomic mass is 16.7. The third kappa shape index (κ3) is 8.16. The fourth-order valence-corrected chi connectivity index (χ4v) is 4.60. The topological polar surface area (TPSA) is 167 Å². The Kier molecular flexibility index (Phi) is 11.6. The normalized spacial score (nSPS) is 18.5. The summed E-state index contributed by atoms with van der Waals surface area (Å²) < 4.78 is 33.4. The Morgan fingerprint density at radius 2 is 1.02 bits per heavy atom. The van der Waals surface area contributed by atoms with E-state index >= 15 is 0 Å². The number of hydrogen-bond acceptors (Lipinski definition) is 12. The van der Waals surface area contributed by atoms with Crippen molar-refractivity contribution in [1.82, 2.24) is 0 Å². The Bertz CT molecular complexity index is 1540. The molecule has 0 saturated carbocycles. The first kappa shape index (κ1) is 33.4. The number of hydrogen-bond donors (Lipinski definition) is 1. The lowest BCUT2D eigenvalue weighted by atomic mass is 10.0. The molecule has 1 aliphatic rings. The molecular weight excluding hydrogens is 598 g/mol. The van der Waals surface area contributed by atoms with Gasteiger partial charge in [0.05, 0.1) is 35.6 Å². The van der Waals surface area contributed by atoms with Gasteiger partial charge in [0.2, 0.25) is 0 Å². The number of carbonyl (C=O) groups excluding carboxylic acids is 5. The molecule has 12 nitrogen and oxygen atoms in total. The first-order valence-electron chi connectivity index (χ1n) is 14.5. The van der Waals surface area contributed by atoms with Crippen LogP contribution in [0.5, 0.6) is 0 Å². The van der Waals surface area contributed by atoms with Crippen molar-refractivity contribution in [2.45, 2.75) is 38.3 Å². The van der Waals surface area contributed by atoms with Crippen LogP contribution in [0, 0.1) is 0 Å². The van der Waals surface area contributed by atoms with E-state index in [9.17, 15) is 24.0 Å². The molecule has 0 aliphatic carbocycles. The molecule has 0 spiro atoms. The standard InChI is InChI=1S/C34H33NO11/c1-3-41-33(39)25(34(40)42-4-2)26(35)28-29(46-32(38)23-18-12-7-13-19-23)27(45-31(37)22-16-10-6-11-17-22)24(44-28)20-43-30(36)21-14-8-5-9-15-21/h5-19,24,27-29H,3-4,20,35H2,1-2H3/t24-,27-,28+,29-/m1/s1. The van der Waals surface area contributed by atoms with Crippen LogP contribution >= 0.6 is 0 Å². The first-order valence-corrected chi connectivity index (χ1v) is 14.5. The van der Waals surface area contributed by atoms with Gasteiger partial charge >= 0.3 is 29.8 Å². The molecule has 0 bridgehead atoms. The lowest BCUT2D eigenvalue weighted by molar-refractivity contribution is -0.147. The third-order valence-corrected chi connectivity index (χ3v) is 6.76.